The molecule has 9 heavy (non-hydrogen) atoms. The van der Waals surface area contributed by atoms with Gasteiger partial charge in [-0.25, -0.2) is 0 Å². The van der Waals surface area contributed by atoms with Gasteiger partial charge in [0.05, 0.1) is 11.2 Å². The van der Waals surface area contributed by atoms with E-state index >= 15 is 0 Å². The molecule has 0 aliphatic heterocycles. The highest BCUT2D eigenvalue weighted by molar-refractivity contribution is 5.98. The topological polar surface area (TPSA) is 29.5 Å². The zero-order valence-electron chi connectivity index (χ0n) is 6.86. The van der Waals surface area contributed by atoms with Crippen molar-refractivity contribution in [3.8, 4) is 0 Å². The molecule has 0 bridgehead atoms. The van der Waals surface area contributed by atoms with Crippen LogP contribution >= 0.6 is 0 Å². The highest BCUT2D eigenvalue weighted by Gasteiger charge is 2.33. The van der Waals surface area contributed by atoms with Crippen molar-refractivity contribution in [1.29, 1.82) is 0 Å². The molecule has 0 radical (unpaired) electrons. The van der Waals surface area contributed by atoms with Gasteiger partial charge in [-0.1, -0.05) is 0 Å². The molecule has 0 spiro atoms. The summed E-state index contributed by atoms with van der Waals surface area (Å²) in [4.78, 5) is 0. The summed E-state index contributed by atoms with van der Waals surface area (Å²) >= 11 is 0. The van der Waals surface area contributed by atoms with Gasteiger partial charge in [-0.15, -0.1) is 0 Å². The number of rotatable bonds is 2. The molecule has 0 amide bonds. The molecule has 0 aliphatic rings. The molecular formula is C6H15BO2. The Balaban J connectivity index is 4.14. The normalized spacial score (nSPS) is 13.9. The molecule has 0 aromatic carbocycles. The van der Waals surface area contributed by atoms with Crippen molar-refractivity contribution < 1.29 is 9.76 Å². The van der Waals surface area contributed by atoms with Crippen LogP contribution < -0.4 is 0 Å². The minimum absolute atomic E-state index is 0.465. The molecule has 2 nitrogen and oxygen atoms in total. The van der Waals surface area contributed by atoms with E-state index in [0.717, 1.165) is 0 Å². The Labute approximate surface area is 57.7 Å². The van der Waals surface area contributed by atoms with E-state index in [-0.39, 0.29) is 0 Å². The average molecular weight is 130 g/mol. The molecule has 0 heterocycles. The molecule has 0 aromatic heterocycles. The second-order valence-electron chi connectivity index (χ2n) is 3.27. The molecule has 3 heteroatoms. The van der Waals surface area contributed by atoms with Gasteiger partial charge in [-0.05, 0) is 27.7 Å². The molecule has 0 unspecified atom stereocenters. The Hall–Kier alpha value is -0.0151. The van der Waals surface area contributed by atoms with Gasteiger partial charge in [0.25, 0.3) is 8.05 Å². The maximum atomic E-state index is 9.42. The van der Waals surface area contributed by atoms with E-state index in [0.29, 0.717) is 0 Å². The van der Waals surface area contributed by atoms with Crippen LogP contribution in [-0.2, 0) is 4.65 Å². The molecule has 1 N–H and O–H groups in total. The standard InChI is InChI=1S/C6H15BO2/c1-5(2,8)6(3,4)9-7/h8H,7H2,1-4H3. The van der Waals surface area contributed by atoms with E-state index < -0.39 is 11.2 Å². The summed E-state index contributed by atoms with van der Waals surface area (Å²) in [6.45, 7) is 7.17. The summed E-state index contributed by atoms with van der Waals surface area (Å²) < 4.78 is 5.05. The van der Waals surface area contributed by atoms with Gasteiger partial charge in [-0.3, -0.25) is 0 Å². The van der Waals surface area contributed by atoms with Gasteiger partial charge in [0, 0.05) is 0 Å². The first-order chi connectivity index (χ1) is 3.81. The van der Waals surface area contributed by atoms with E-state index in [4.69, 9.17) is 4.65 Å². The van der Waals surface area contributed by atoms with Crippen LogP contribution in [-0.4, -0.2) is 24.4 Å². The molecule has 54 valence electrons. The average Bonchev–Trinajstić information content (AvgIpc) is 1.64. The van der Waals surface area contributed by atoms with Crippen molar-refractivity contribution in [1.82, 2.24) is 0 Å². The SMILES string of the molecule is BOC(C)(C)C(C)(C)O. The van der Waals surface area contributed by atoms with Gasteiger partial charge < -0.3 is 9.76 Å². The van der Waals surface area contributed by atoms with Crippen molar-refractivity contribution in [3.63, 3.8) is 0 Å². The molecular weight excluding hydrogens is 115 g/mol. The third kappa shape index (κ3) is 1.99. The van der Waals surface area contributed by atoms with E-state index in [1.54, 1.807) is 21.9 Å². The molecule has 0 fully saturated rings. The first-order valence-corrected chi connectivity index (χ1v) is 3.09. The van der Waals surface area contributed by atoms with Crippen molar-refractivity contribution in [2.24, 2.45) is 0 Å². The summed E-state index contributed by atoms with van der Waals surface area (Å²) in [7, 11) is 1.60. The fraction of sp³-hybridized carbons (Fsp3) is 1.00. The summed E-state index contributed by atoms with van der Waals surface area (Å²) in [5, 5.41) is 9.42. The lowest BCUT2D eigenvalue weighted by atomic mass is 9.89. The first-order valence-electron chi connectivity index (χ1n) is 3.09. The Morgan fingerprint density at radius 2 is 1.56 bits per heavy atom. The number of aliphatic hydroxyl groups is 1. The van der Waals surface area contributed by atoms with Crippen molar-refractivity contribution in [2.75, 3.05) is 0 Å². The van der Waals surface area contributed by atoms with E-state index in [2.05, 4.69) is 0 Å². The van der Waals surface area contributed by atoms with Crippen molar-refractivity contribution >= 4 is 8.05 Å². The highest BCUT2D eigenvalue weighted by atomic mass is 16.5. The molecule has 0 aliphatic carbocycles. The van der Waals surface area contributed by atoms with E-state index in [1.165, 1.54) is 0 Å². The van der Waals surface area contributed by atoms with E-state index in [1.807, 2.05) is 13.8 Å². The third-order valence-corrected chi connectivity index (χ3v) is 1.98. The van der Waals surface area contributed by atoms with E-state index in [9.17, 15) is 5.11 Å². The summed E-state index contributed by atoms with van der Waals surface area (Å²) in [5.74, 6) is 0. The number of hydrogen-bond donors (Lipinski definition) is 1. The molecule has 0 rings (SSSR count). The van der Waals surface area contributed by atoms with Gasteiger partial charge >= 0.3 is 0 Å². The van der Waals surface area contributed by atoms with Crippen LogP contribution in [0.4, 0.5) is 0 Å². The first kappa shape index (κ1) is 8.98. The molecule has 0 saturated carbocycles. The maximum Gasteiger partial charge on any atom is 0.258 e. The fourth-order valence-electron chi connectivity index (χ4n) is 0.250. The molecule has 0 atom stereocenters. The Morgan fingerprint density at radius 3 is 1.56 bits per heavy atom. The minimum atomic E-state index is -0.776. The second kappa shape index (κ2) is 2.31. The van der Waals surface area contributed by atoms with Crippen LogP contribution in [0.1, 0.15) is 27.7 Å². The van der Waals surface area contributed by atoms with Gasteiger partial charge in [0.15, 0.2) is 0 Å². The smallest absolute Gasteiger partial charge is 0.258 e. The summed E-state index contributed by atoms with van der Waals surface area (Å²) in [6, 6.07) is 0. The number of hydrogen-bond acceptors (Lipinski definition) is 2. The van der Waals surface area contributed by atoms with Gasteiger partial charge in [0.2, 0.25) is 0 Å². The van der Waals surface area contributed by atoms with Crippen molar-refractivity contribution in [2.45, 2.75) is 38.9 Å². The lowest BCUT2D eigenvalue weighted by molar-refractivity contribution is -0.0876. The predicted molar refractivity (Wildman–Crippen MR) is 40.0 cm³/mol. The van der Waals surface area contributed by atoms with Crippen LogP contribution in [0.25, 0.3) is 0 Å². The third-order valence-electron chi connectivity index (χ3n) is 1.98. The lowest BCUT2D eigenvalue weighted by Gasteiger charge is -2.36. The maximum absolute atomic E-state index is 9.42. The van der Waals surface area contributed by atoms with Crippen LogP contribution in [0.3, 0.4) is 0 Å². The fourth-order valence-corrected chi connectivity index (χ4v) is 0.250. The Morgan fingerprint density at radius 1 is 1.22 bits per heavy atom. The minimum Gasteiger partial charge on any atom is -0.436 e. The van der Waals surface area contributed by atoms with Crippen LogP contribution in [0.15, 0.2) is 0 Å². The Bertz CT molecular complexity index is 93.7. The molecule has 0 aromatic rings. The predicted octanol–water partition coefficient (Wildman–Crippen LogP) is 0.101. The zero-order chi connectivity index (χ0) is 7.71. The monoisotopic (exact) mass is 130 g/mol. The highest BCUT2D eigenvalue weighted by Crippen LogP contribution is 2.23. The summed E-state index contributed by atoms with van der Waals surface area (Å²) in [5.41, 5.74) is -1.24. The van der Waals surface area contributed by atoms with Crippen molar-refractivity contribution in [3.05, 3.63) is 0 Å². The second-order valence-corrected chi connectivity index (χ2v) is 3.27. The largest absolute Gasteiger partial charge is 0.436 e. The van der Waals surface area contributed by atoms with Crippen LogP contribution in [0.2, 0.25) is 0 Å². The summed E-state index contributed by atoms with van der Waals surface area (Å²) in [6.07, 6.45) is 0. The Kier molecular flexibility index (Phi) is 2.31. The molecule has 0 saturated heterocycles. The van der Waals surface area contributed by atoms with Gasteiger partial charge in [-0.2, -0.15) is 0 Å². The lowest BCUT2D eigenvalue weighted by Crippen LogP contribution is -2.46. The van der Waals surface area contributed by atoms with Crippen LogP contribution in [0.5, 0.6) is 0 Å². The van der Waals surface area contributed by atoms with Gasteiger partial charge in [0.1, 0.15) is 0 Å². The zero-order valence-corrected chi connectivity index (χ0v) is 6.86. The van der Waals surface area contributed by atoms with Crippen LogP contribution in [0, 0.1) is 0 Å². The quantitative estimate of drug-likeness (QED) is 0.537.